The number of ether oxygens (including phenoxy) is 2. The minimum atomic E-state index is -0.435. The van der Waals surface area contributed by atoms with Gasteiger partial charge in [-0.05, 0) is 50.5 Å². The second-order valence-corrected chi connectivity index (χ2v) is 6.86. The molecule has 1 heterocycles. The molecule has 25 heavy (non-hydrogen) atoms. The molecular weight excluding hydrogens is 344 g/mol. The quantitative estimate of drug-likeness (QED) is 0.721. The number of hydrogen-bond donors (Lipinski definition) is 2. The third kappa shape index (κ3) is 5.19. The van der Waals surface area contributed by atoms with E-state index in [0.717, 1.165) is 18.4 Å². The van der Waals surface area contributed by atoms with Crippen molar-refractivity contribution in [2.75, 3.05) is 18.5 Å². The molecule has 138 valence electrons. The molecule has 2 amide bonds. The minimum Gasteiger partial charge on any atom is -0.466 e. The lowest BCUT2D eigenvalue weighted by molar-refractivity contribution is -0.145. The third-order valence-corrected chi connectivity index (χ3v) is 5.03. The molecule has 0 radical (unpaired) electrons. The molecule has 1 aromatic heterocycles. The summed E-state index contributed by atoms with van der Waals surface area (Å²) in [6.07, 6.45) is 1.89. The SMILES string of the molecule is CCOC(=O)CC1CC(NC(=O)Nc2scc(C)c2C(=O)OCC)C1. The molecule has 2 rings (SSSR count). The Morgan fingerprint density at radius 2 is 1.88 bits per heavy atom. The van der Waals surface area contributed by atoms with E-state index >= 15 is 0 Å². The maximum Gasteiger partial charge on any atom is 0.341 e. The van der Waals surface area contributed by atoms with Gasteiger partial charge in [-0.2, -0.15) is 0 Å². The number of thiophene rings is 1. The van der Waals surface area contributed by atoms with Crippen molar-refractivity contribution < 1.29 is 23.9 Å². The average molecular weight is 368 g/mol. The number of rotatable bonds is 7. The number of nitrogens with one attached hydrogen (secondary N) is 2. The number of amides is 2. The zero-order valence-electron chi connectivity index (χ0n) is 14.7. The van der Waals surface area contributed by atoms with E-state index in [1.165, 1.54) is 11.3 Å². The molecule has 0 bridgehead atoms. The molecular formula is C17H24N2O5S. The fraction of sp³-hybridized carbons (Fsp3) is 0.588. The number of carbonyl (C=O) groups is 3. The number of anilines is 1. The first kappa shape index (κ1) is 19.2. The predicted molar refractivity (Wildman–Crippen MR) is 94.9 cm³/mol. The van der Waals surface area contributed by atoms with E-state index < -0.39 is 5.97 Å². The van der Waals surface area contributed by atoms with Crippen molar-refractivity contribution in [1.82, 2.24) is 5.32 Å². The van der Waals surface area contributed by atoms with Crippen molar-refractivity contribution in [3.63, 3.8) is 0 Å². The number of esters is 2. The van der Waals surface area contributed by atoms with Crippen LogP contribution in [0.2, 0.25) is 0 Å². The lowest BCUT2D eigenvalue weighted by atomic mass is 9.78. The van der Waals surface area contributed by atoms with Gasteiger partial charge in [0.2, 0.25) is 0 Å². The number of urea groups is 1. The number of carbonyl (C=O) groups excluding carboxylic acids is 3. The van der Waals surface area contributed by atoms with Crippen molar-refractivity contribution in [2.24, 2.45) is 5.92 Å². The predicted octanol–water partition coefficient (Wildman–Crippen LogP) is 3.09. The van der Waals surface area contributed by atoms with E-state index in [-0.39, 0.29) is 30.6 Å². The lowest BCUT2D eigenvalue weighted by Gasteiger charge is -2.35. The van der Waals surface area contributed by atoms with E-state index in [9.17, 15) is 14.4 Å². The van der Waals surface area contributed by atoms with Crippen LogP contribution in [0, 0.1) is 12.8 Å². The van der Waals surface area contributed by atoms with Crippen LogP contribution < -0.4 is 10.6 Å². The average Bonchev–Trinajstić information content (AvgIpc) is 2.86. The van der Waals surface area contributed by atoms with Crippen LogP contribution in [-0.4, -0.2) is 37.2 Å². The molecule has 0 unspecified atom stereocenters. The number of hydrogen-bond acceptors (Lipinski definition) is 6. The van der Waals surface area contributed by atoms with Crippen molar-refractivity contribution in [2.45, 2.75) is 46.1 Å². The Kier molecular flexibility index (Phi) is 6.81. The molecule has 1 fully saturated rings. The summed E-state index contributed by atoms with van der Waals surface area (Å²) in [5, 5.41) is 7.87. The van der Waals surface area contributed by atoms with Gasteiger partial charge in [0.15, 0.2) is 0 Å². The Morgan fingerprint density at radius 1 is 1.20 bits per heavy atom. The van der Waals surface area contributed by atoms with Crippen LogP contribution in [0.3, 0.4) is 0 Å². The highest BCUT2D eigenvalue weighted by molar-refractivity contribution is 7.15. The van der Waals surface area contributed by atoms with Gasteiger partial charge in [-0.1, -0.05) is 0 Å². The molecule has 0 spiro atoms. The van der Waals surface area contributed by atoms with Gasteiger partial charge in [0.05, 0.1) is 18.8 Å². The Morgan fingerprint density at radius 3 is 2.52 bits per heavy atom. The minimum absolute atomic E-state index is 0.0338. The maximum absolute atomic E-state index is 12.1. The summed E-state index contributed by atoms with van der Waals surface area (Å²) in [6.45, 7) is 5.99. The first-order chi connectivity index (χ1) is 11.9. The molecule has 0 aliphatic heterocycles. The van der Waals surface area contributed by atoms with Crippen LogP contribution in [0.4, 0.5) is 9.80 Å². The fourth-order valence-electron chi connectivity index (χ4n) is 2.79. The highest BCUT2D eigenvalue weighted by Crippen LogP contribution is 2.31. The highest BCUT2D eigenvalue weighted by Gasteiger charge is 2.32. The Labute approximate surface area is 151 Å². The summed E-state index contributed by atoms with van der Waals surface area (Å²) in [6, 6.07) is -0.321. The van der Waals surface area contributed by atoms with Crippen molar-refractivity contribution in [3.8, 4) is 0 Å². The van der Waals surface area contributed by atoms with Crippen molar-refractivity contribution in [3.05, 3.63) is 16.5 Å². The van der Waals surface area contributed by atoms with Gasteiger partial charge >= 0.3 is 18.0 Å². The first-order valence-corrected chi connectivity index (χ1v) is 9.30. The Hall–Kier alpha value is -2.09. The molecule has 1 saturated carbocycles. The smallest absolute Gasteiger partial charge is 0.341 e. The summed E-state index contributed by atoms with van der Waals surface area (Å²) in [5.41, 5.74) is 1.17. The van der Waals surface area contributed by atoms with Crippen LogP contribution in [-0.2, 0) is 14.3 Å². The van der Waals surface area contributed by atoms with Crippen LogP contribution >= 0.6 is 11.3 Å². The third-order valence-electron chi connectivity index (χ3n) is 4.01. The van der Waals surface area contributed by atoms with E-state index in [1.807, 2.05) is 0 Å². The molecule has 1 aliphatic carbocycles. The van der Waals surface area contributed by atoms with Gasteiger partial charge in [-0.25, -0.2) is 9.59 Å². The molecule has 0 atom stereocenters. The van der Waals surface area contributed by atoms with Gasteiger partial charge in [-0.3, -0.25) is 10.1 Å². The van der Waals surface area contributed by atoms with Crippen molar-refractivity contribution in [1.29, 1.82) is 0 Å². The summed E-state index contributed by atoms with van der Waals surface area (Å²) < 4.78 is 9.95. The van der Waals surface area contributed by atoms with Gasteiger partial charge in [0, 0.05) is 12.5 Å². The van der Waals surface area contributed by atoms with Gasteiger partial charge < -0.3 is 14.8 Å². The van der Waals surface area contributed by atoms with E-state index in [4.69, 9.17) is 9.47 Å². The summed E-state index contributed by atoms with van der Waals surface area (Å²) in [7, 11) is 0. The van der Waals surface area contributed by atoms with E-state index in [2.05, 4.69) is 10.6 Å². The molecule has 2 N–H and O–H groups in total. The Balaban J connectivity index is 1.81. The topological polar surface area (TPSA) is 93.7 Å². The number of aryl methyl sites for hydroxylation is 1. The molecule has 0 saturated heterocycles. The van der Waals surface area contributed by atoms with Gasteiger partial charge in [0.1, 0.15) is 5.00 Å². The molecule has 0 aromatic carbocycles. The van der Waals surface area contributed by atoms with E-state index in [0.29, 0.717) is 23.6 Å². The first-order valence-electron chi connectivity index (χ1n) is 8.42. The summed E-state index contributed by atoms with van der Waals surface area (Å²) >= 11 is 1.29. The second-order valence-electron chi connectivity index (χ2n) is 5.99. The lowest BCUT2D eigenvalue weighted by Crippen LogP contribution is -2.46. The summed E-state index contributed by atoms with van der Waals surface area (Å²) in [4.78, 5) is 35.5. The molecule has 8 heteroatoms. The maximum atomic E-state index is 12.1. The van der Waals surface area contributed by atoms with Crippen LogP contribution in [0.5, 0.6) is 0 Å². The van der Waals surface area contributed by atoms with Crippen LogP contribution in [0.25, 0.3) is 0 Å². The van der Waals surface area contributed by atoms with Crippen molar-refractivity contribution >= 4 is 34.3 Å². The second kappa shape index (κ2) is 8.84. The monoisotopic (exact) mass is 368 g/mol. The molecule has 7 nitrogen and oxygen atoms in total. The normalized spacial score (nSPS) is 18.8. The van der Waals surface area contributed by atoms with E-state index in [1.54, 1.807) is 26.2 Å². The fourth-order valence-corrected chi connectivity index (χ4v) is 3.72. The zero-order valence-corrected chi connectivity index (χ0v) is 15.5. The van der Waals surface area contributed by atoms with Gasteiger partial charge in [-0.15, -0.1) is 11.3 Å². The zero-order chi connectivity index (χ0) is 18.4. The standard InChI is InChI=1S/C17H24N2O5S/c1-4-23-13(20)8-11-6-12(7-11)18-17(22)19-15-14(10(3)9-25-15)16(21)24-5-2/h9,11-12H,4-8H2,1-3H3,(H2,18,19,22). The van der Waals surface area contributed by atoms with Crippen LogP contribution in [0.15, 0.2) is 5.38 Å². The summed E-state index contributed by atoms with van der Waals surface area (Å²) in [5.74, 6) is -0.373. The molecule has 1 aromatic rings. The highest BCUT2D eigenvalue weighted by atomic mass is 32.1. The Bertz CT molecular complexity index is 637. The largest absolute Gasteiger partial charge is 0.466 e. The van der Waals surface area contributed by atoms with Crippen LogP contribution in [0.1, 0.15) is 49.0 Å². The molecule has 1 aliphatic rings. The van der Waals surface area contributed by atoms with Gasteiger partial charge in [0.25, 0.3) is 0 Å².